The maximum absolute atomic E-state index is 6.08. The first-order valence-corrected chi connectivity index (χ1v) is 13.0. The minimum absolute atomic E-state index is 0.220. The molecule has 3 heterocycles. The summed E-state index contributed by atoms with van der Waals surface area (Å²) in [6.45, 7) is 3.58. The molecule has 1 aliphatic heterocycles. The van der Waals surface area contributed by atoms with Gasteiger partial charge in [0.1, 0.15) is 11.3 Å². The second-order valence-corrected chi connectivity index (χ2v) is 9.41. The van der Waals surface area contributed by atoms with Crippen molar-refractivity contribution in [1.29, 1.82) is 0 Å². The lowest BCUT2D eigenvalue weighted by Crippen LogP contribution is -2.51. The topological polar surface area (TPSA) is 111 Å². The van der Waals surface area contributed by atoms with Gasteiger partial charge in [-0.1, -0.05) is 12.1 Å². The van der Waals surface area contributed by atoms with Crippen LogP contribution in [0.15, 0.2) is 54.6 Å². The first-order chi connectivity index (χ1) is 19.0. The van der Waals surface area contributed by atoms with E-state index in [2.05, 4.69) is 25.1 Å². The van der Waals surface area contributed by atoms with Crippen molar-refractivity contribution < 1.29 is 14.2 Å². The highest BCUT2D eigenvalue weighted by molar-refractivity contribution is 7.80. The number of nitrogens with zero attached hydrogens (tertiary/aromatic N) is 5. The molecule has 0 bridgehead atoms. The van der Waals surface area contributed by atoms with Gasteiger partial charge in [0.2, 0.25) is 5.95 Å². The number of piperazine rings is 1. The Morgan fingerprint density at radius 3 is 2.31 bits per heavy atom. The van der Waals surface area contributed by atoms with Gasteiger partial charge in [-0.25, -0.2) is 9.97 Å². The van der Waals surface area contributed by atoms with E-state index >= 15 is 0 Å². The molecule has 11 heteroatoms. The predicted molar refractivity (Wildman–Crippen MR) is 157 cm³/mol. The van der Waals surface area contributed by atoms with Gasteiger partial charge in [-0.2, -0.15) is 4.98 Å². The molecule has 0 aliphatic carbocycles. The summed E-state index contributed by atoms with van der Waals surface area (Å²) in [7, 11) is 4.89. The first-order valence-electron chi connectivity index (χ1n) is 12.6. The van der Waals surface area contributed by atoms with Crippen molar-refractivity contribution in [1.82, 2.24) is 25.2 Å². The Morgan fingerprint density at radius 1 is 0.872 bits per heavy atom. The van der Waals surface area contributed by atoms with Crippen LogP contribution in [0.2, 0.25) is 0 Å². The Morgan fingerprint density at radius 2 is 1.62 bits per heavy atom. The number of thiocarbonyl (C=S) groups is 1. The smallest absolute Gasteiger partial charge is 0.222 e. The standard InChI is InChI=1S/C28H31N7O3S/c1-36-20-7-4-18(5-8-20)17-30-28(39)35-14-12-34(13-15-35)26-25-22(32-27(29)33-26)10-9-21(31-25)19-6-11-23(37-2)24(16-19)38-3/h4-11,16H,12-15,17H2,1-3H3,(H,30,39)(H2,29,32,33). The molecule has 3 N–H and O–H groups in total. The van der Waals surface area contributed by atoms with Crippen LogP contribution in [0.25, 0.3) is 22.3 Å². The summed E-state index contributed by atoms with van der Waals surface area (Å²) in [5, 5.41) is 4.09. The lowest BCUT2D eigenvalue weighted by molar-refractivity contribution is 0.355. The number of nitrogens with two attached hydrogens (primary N) is 1. The summed E-state index contributed by atoms with van der Waals surface area (Å²) in [5.41, 5.74) is 10.3. The van der Waals surface area contributed by atoms with Crippen molar-refractivity contribution in [2.45, 2.75) is 6.54 Å². The van der Waals surface area contributed by atoms with Crippen LogP contribution in [0.3, 0.4) is 0 Å². The van der Waals surface area contributed by atoms with Gasteiger partial charge in [0.05, 0.1) is 32.5 Å². The fraction of sp³-hybridized carbons (Fsp3) is 0.286. The minimum atomic E-state index is 0.220. The molecule has 5 rings (SSSR count). The summed E-state index contributed by atoms with van der Waals surface area (Å²) >= 11 is 5.68. The van der Waals surface area contributed by atoms with Crippen molar-refractivity contribution in [2.75, 3.05) is 58.1 Å². The first kappa shape index (κ1) is 26.2. The second-order valence-electron chi connectivity index (χ2n) is 9.02. The fourth-order valence-corrected chi connectivity index (χ4v) is 4.80. The third-order valence-corrected chi connectivity index (χ3v) is 7.09. The highest BCUT2D eigenvalue weighted by Crippen LogP contribution is 2.33. The summed E-state index contributed by atoms with van der Waals surface area (Å²) in [6.07, 6.45) is 0. The zero-order chi connectivity index (χ0) is 27.4. The van der Waals surface area contributed by atoms with Gasteiger partial charge in [0, 0.05) is 38.3 Å². The predicted octanol–water partition coefficient (Wildman–Crippen LogP) is 3.50. The quantitative estimate of drug-likeness (QED) is 0.333. The molecule has 0 atom stereocenters. The van der Waals surface area contributed by atoms with Gasteiger partial charge in [-0.15, -0.1) is 0 Å². The van der Waals surface area contributed by atoms with Crippen molar-refractivity contribution in [3.8, 4) is 28.5 Å². The number of benzene rings is 2. The molecule has 0 unspecified atom stereocenters. The minimum Gasteiger partial charge on any atom is -0.497 e. The van der Waals surface area contributed by atoms with Crippen LogP contribution in [0.1, 0.15) is 5.56 Å². The molecular formula is C28H31N7O3S. The Balaban J connectivity index is 1.31. The summed E-state index contributed by atoms with van der Waals surface area (Å²) in [4.78, 5) is 18.3. The number of hydrogen-bond donors (Lipinski definition) is 2. The number of nitrogen functional groups attached to an aromatic ring is 1. The molecule has 4 aromatic rings. The highest BCUT2D eigenvalue weighted by Gasteiger charge is 2.23. The number of hydrogen-bond acceptors (Lipinski definition) is 9. The molecule has 10 nitrogen and oxygen atoms in total. The Bertz CT molecular complexity index is 1470. The number of methoxy groups -OCH3 is 3. The molecule has 0 spiro atoms. The zero-order valence-electron chi connectivity index (χ0n) is 22.2. The molecular weight excluding hydrogens is 514 g/mol. The normalized spacial score (nSPS) is 13.3. The fourth-order valence-electron chi connectivity index (χ4n) is 4.55. The number of ether oxygens (including phenoxy) is 3. The number of rotatable bonds is 7. The van der Waals surface area contributed by atoms with E-state index in [9.17, 15) is 0 Å². The molecule has 0 saturated carbocycles. The summed E-state index contributed by atoms with van der Waals surface area (Å²) in [6, 6.07) is 17.5. The third-order valence-electron chi connectivity index (χ3n) is 6.69. The van der Waals surface area contributed by atoms with Gasteiger partial charge < -0.3 is 35.1 Å². The molecule has 202 valence electrons. The van der Waals surface area contributed by atoms with E-state index in [1.807, 2.05) is 54.6 Å². The largest absolute Gasteiger partial charge is 0.497 e. The SMILES string of the molecule is COc1ccc(CNC(=S)N2CCN(c3nc(N)nc4ccc(-c5ccc(OC)c(OC)c5)nc34)CC2)cc1. The average Bonchev–Trinajstić information content (AvgIpc) is 2.99. The van der Waals surface area contributed by atoms with Gasteiger partial charge >= 0.3 is 0 Å². The van der Waals surface area contributed by atoms with Crippen LogP contribution in [0, 0.1) is 0 Å². The summed E-state index contributed by atoms with van der Waals surface area (Å²) < 4.78 is 16.1. The monoisotopic (exact) mass is 545 g/mol. The number of fused-ring (bicyclic) bond motifs is 1. The lowest BCUT2D eigenvalue weighted by Gasteiger charge is -2.37. The second kappa shape index (κ2) is 11.6. The van der Waals surface area contributed by atoms with E-state index in [1.165, 1.54) is 0 Å². The maximum Gasteiger partial charge on any atom is 0.222 e. The van der Waals surface area contributed by atoms with Crippen molar-refractivity contribution in [3.63, 3.8) is 0 Å². The van der Waals surface area contributed by atoms with E-state index in [4.69, 9.17) is 37.1 Å². The molecule has 2 aromatic carbocycles. The molecule has 0 amide bonds. The van der Waals surface area contributed by atoms with Gasteiger partial charge in [-0.05, 0) is 60.2 Å². The van der Waals surface area contributed by atoms with E-state index in [-0.39, 0.29) is 5.95 Å². The number of aromatic nitrogens is 3. The Kier molecular flexibility index (Phi) is 7.78. The highest BCUT2D eigenvalue weighted by atomic mass is 32.1. The maximum atomic E-state index is 6.08. The Hall–Kier alpha value is -4.38. The van der Waals surface area contributed by atoms with Crippen LogP contribution in [-0.2, 0) is 6.54 Å². The third kappa shape index (κ3) is 5.73. The summed E-state index contributed by atoms with van der Waals surface area (Å²) in [5.74, 6) is 3.07. The van der Waals surface area contributed by atoms with Gasteiger partial charge in [0.25, 0.3) is 0 Å². The van der Waals surface area contributed by atoms with Gasteiger partial charge in [0.15, 0.2) is 22.4 Å². The number of pyridine rings is 1. The van der Waals surface area contributed by atoms with Crippen molar-refractivity contribution >= 4 is 40.1 Å². The van der Waals surface area contributed by atoms with Crippen molar-refractivity contribution in [2.24, 2.45) is 0 Å². The van der Waals surface area contributed by atoms with Crippen molar-refractivity contribution in [3.05, 3.63) is 60.2 Å². The molecule has 39 heavy (non-hydrogen) atoms. The van der Waals surface area contributed by atoms with Crippen LogP contribution in [0.4, 0.5) is 11.8 Å². The van der Waals surface area contributed by atoms with Crippen LogP contribution in [-0.4, -0.2) is 72.5 Å². The number of nitrogens with one attached hydrogen (secondary N) is 1. The van der Waals surface area contributed by atoms with Crippen LogP contribution < -0.4 is 30.2 Å². The number of anilines is 2. The zero-order valence-corrected chi connectivity index (χ0v) is 23.0. The molecule has 1 fully saturated rings. The van der Waals surface area contributed by atoms with E-state index in [0.717, 1.165) is 59.7 Å². The molecule has 1 saturated heterocycles. The van der Waals surface area contributed by atoms with Crippen LogP contribution in [0.5, 0.6) is 17.2 Å². The lowest BCUT2D eigenvalue weighted by atomic mass is 10.1. The Labute approximate surface area is 232 Å². The van der Waals surface area contributed by atoms with E-state index in [0.29, 0.717) is 29.1 Å². The van der Waals surface area contributed by atoms with E-state index < -0.39 is 0 Å². The molecule has 2 aromatic heterocycles. The van der Waals surface area contributed by atoms with E-state index in [1.54, 1.807) is 21.3 Å². The molecule has 1 aliphatic rings. The molecule has 0 radical (unpaired) electrons. The van der Waals surface area contributed by atoms with Crippen LogP contribution >= 0.6 is 12.2 Å². The van der Waals surface area contributed by atoms with Gasteiger partial charge in [-0.3, -0.25) is 0 Å². The average molecular weight is 546 g/mol.